The van der Waals surface area contributed by atoms with Crippen molar-refractivity contribution in [2.45, 2.75) is 20.0 Å². The van der Waals surface area contributed by atoms with Gasteiger partial charge in [0, 0.05) is 26.9 Å². The number of hydrogen-bond acceptors (Lipinski definition) is 2. The minimum Gasteiger partial charge on any atom is -0.363 e. The zero-order valence-corrected chi connectivity index (χ0v) is 11.7. The Kier molecular flexibility index (Phi) is 3.67. The van der Waals surface area contributed by atoms with Crippen molar-refractivity contribution >= 4 is 40.0 Å². The summed E-state index contributed by atoms with van der Waals surface area (Å²) in [5.74, 6) is 0. The van der Waals surface area contributed by atoms with Gasteiger partial charge in [0.15, 0.2) is 0 Å². The van der Waals surface area contributed by atoms with E-state index in [1.807, 2.05) is 19.9 Å². The zero-order chi connectivity index (χ0) is 12.6. The quantitative estimate of drug-likeness (QED) is 0.807. The van der Waals surface area contributed by atoms with Gasteiger partial charge in [-0.3, -0.25) is 0 Å². The molecule has 2 rings (SSSR count). The summed E-state index contributed by atoms with van der Waals surface area (Å²) in [5, 5.41) is 4.95. The Morgan fingerprint density at radius 1 is 1.18 bits per heavy atom. The topological polar surface area (TPSA) is 24.4 Å². The number of benzene rings is 1. The smallest absolute Gasteiger partial charge is 0.147 e. The number of allylic oxidation sites excluding steroid dienone is 2. The normalized spacial score (nSPS) is 20.1. The van der Waals surface area contributed by atoms with Crippen LogP contribution in [-0.2, 0) is 0 Å². The van der Waals surface area contributed by atoms with Gasteiger partial charge in [-0.1, -0.05) is 40.9 Å². The molecule has 0 radical (unpaired) electrons. The van der Waals surface area contributed by atoms with E-state index in [1.165, 1.54) is 0 Å². The molecule has 1 atom stereocenters. The van der Waals surface area contributed by atoms with Crippen molar-refractivity contribution in [3.8, 4) is 0 Å². The summed E-state index contributed by atoms with van der Waals surface area (Å²) in [5.41, 5.74) is 2.81. The van der Waals surface area contributed by atoms with Crippen molar-refractivity contribution in [2.75, 3.05) is 0 Å². The summed E-state index contributed by atoms with van der Waals surface area (Å²) in [4.78, 5) is 4.36. The molecule has 1 aliphatic heterocycles. The van der Waals surface area contributed by atoms with Crippen LogP contribution in [-0.4, -0.2) is 5.17 Å². The van der Waals surface area contributed by atoms with Crippen molar-refractivity contribution in [1.29, 1.82) is 0 Å². The summed E-state index contributed by atoms with van der Waals surface area (Å²) in [7, 11) is 0. The molecule has 0 saturated heterocycles. The van der Waals surface area contributed by atoms with Crippen LogP contribution in [0.3, 0.4) is 0 Å². The predicted molar refractivity (Wildman–Crippen MR) is 74.0 cm³/mol. The largest absolute Gasteiger partial charge is 0.363 e. The molecule has 1 aliphatic rings. The SMILES string of the molecule is CC1=C(C)C(Cl)=NC(c2ccc(Cl)cc2Cl)N1. The molecule has 0 fully saturated rings. The van der Waals surface area contributed by atoms with E-state index in [9.17, 15) is 0 Å². The van der Waals surface area contributed by atoms with Crippen LogP contribution in [0, 0.1) is 0 Å². The Bertz CT molecular complexity index is 520. The maximum atomic E-state index is 6.14. The molecular weight excluding hydrogens is 279 g/mol. The van der Waals surface area contributed by atoms with Gasteiger partial charge in [0.25, 0.3) is 0 Å². The average molecular weight is 290 g/mol. The number of nitrogens with zero attached hydrogens (tertiary/aromatic N) is 1. The molecule has 0 bridgehead atoms. The minimum absolute atomic E-state index is 0.254. The highest BCUT2D eigenvalue weighted by Gasteiger charge is 2.20. The van der Waals surface area contributed by atoms with E-state index in [-0.39, 0.29) is 6.17 Å². The molecule has 5 heteroatoms. The van der Waals surface area contributed by atoms with Crippen LogP contribution >= 0.6 is 34.8 Å². The van der Waals surface area contributed by atoms with Gasteiger partial charge in [-0.2, -0.15) is 0 Å². The van der Waals surface area contributed by atoms with Crippen LogP contribution in [0.1, 0.15) is 25.6 Å². The van der Waals surface area contributed by atoms with Gasteiger partial charge in [-0.05, 0) is 26.0 Å². The number of aliphatic imine (C=N–C) groups is 1. The lowest BCUT2D eigenvalue weighted by Gasteiger charge is -2.24. The molecule has 0 aromatic heterocycles. The first kappa shape index (κ1) is 12.7. The Labute approximate surface area is 115 Å². The van der Waals surface area contributed by atoms with Gasteiger partial charge >= 0.3 is 0 Å². The second kappa shape index (κ2) is 4.89. The molecular formula is C12H11Cl3N2. The van der Waals surface area contributed by atoms with Crippen molar-refractivity contribution in [2.24, 2.45) is 4.99 Å². The van der Waals surface area contributed by atoms with Gasteiger partial charge in [0.2, 0.25) is 0 Å². The second-order valence-electron chi connectivity index (χ2n) is 3.88. The third-order valence-corrected chi connectivity index (χ3v) is 3.67. The molecule has 0 aliphatic carbocycles. The van der Waals surface area contributed by atoms with E-state index in [1.54, 1.807) is 12.1 Å². The number of halogens is 3. The fraction of sp³-hybridized carbons (Fsp3) is 0.250. The lowest BCUT2D eigenvalue weighted by Crippen LogP contribution is -2.25. The fourth-order valence-corrected chi connectivity index (χ4v) is 2.33. The van der Waals surface area contributed by atoms with Crippen LogP contribution in [0.15, 0.2) is 34.5 Å². The maximum absolute atomic E-state index is 6.14. The zero-order valence-electron chi connectivity index (χ0n) is 9.39. The minimum atomic E-state index is -0.254. The monoisotopic (exact) mass is 288 g/mol. The lowest BCUT2D eigenvalue weighted by atomic mass is 10.1. The van der Waals surface area contributed by atoms with Gasteiger partial charge < -0.3 is 5.32 Å². The van der Waals surface area contributed by atoms with E-state index < -0.39 is 0 Å². The maximum Gasteiger partial charge on any atom is 0.147 e. The molecule has 17 heavy (non-hydrogen) atoms. The first-order valence-electron chi connectivity index (χ1n) is 5.11. The molecule has 90 valence electrons. The van der Waals surface area contributed by atoms with Crippen LogP contribution < -0.4 is 5.32 Å². The Morgan fingerprint density at radius 3 is 2.47 bits per heavy atom. The summed E-state index contributed by atoms with van der Waals surface area (Å²) in [6, 6.07) is 5.34. The van der Waals surface area contributed by atoms with E-state index in [4.69, 9.17) is 34.8 Å². The predicted octanol–water partition coefficient (Wildman–Crippen LogP) is 4.53. The second-order valence-corrected chi connectivity index (χ2v) is 5.08. The third kappa shape index (κ3) is 2.59. The molecule has 1 aromatic rings. The van der Waals surface area contributed by atoms with E-state index in [2.05, 4.69) is 10.3 Å². The summed E-state index contributed by atoms with van der Waals surface area (Å²) in [6.07, 6.45) is -0.254. The molecule has 0 spiro atoms. The van der Waals surface area contributed by atoms with Gasteiger partial charge in [0.1, 0.15) is 11.3 Å². The fourth-order valence-electron chi connectivity index (χ4n) is 1.58. The van der Waals surface area contributed by atoms with E-state index in [0.717, 1.165) is 16.8 Å². The highest BCUT2D eigenvalue weighted by atomic mass is 35.5. The van der Waals surface area contributed by atoms with Crippen LogP contribution in [0.25, 0.3) is 0 Å². The van der Waals surface area contributed by atoms with Gasteiger partial charge in [0.05, 0.1) is 0 Å². The van der Waals surface area contributed by atoms with Crippen LogP contribution in [0.2, 0.25) is 10.0 Å². The number of nitrogens with one attached hydrogen (secondary N) is 1. The highest BCUT2D eigenvalue weighted by molar-refractivity contribution is 6.69. The summed E-state index contributed by atoms with van der Waals surface area (Å²) in [6.45, 7) is 3.89. The van der Waals surface area contributed by atoms with Crippen molar-refractivity contribution < 1.29 is 0 Å². The van der Waals surface area contributed by atoms with Gasteiger partial charge in [-0.25, -0.2) is 4.99 Å². The lowest BCUT2D eigenvalue weighted by molar-refractivity contribution is 0.616. The molecule has 1 unspecified atom stereocenters. The molecule has 0 amide bonds. The number of hydrogen-bond donors (Lipinski definition) is 1. The van der Waals surface area contributed by atoms with Crippen molar-refractivity contribution in [3.05, 3.63) is 45.1 Å². The molecule has 1 N–H and O–H groups in total. The van der Waals surface area contributed by atoms with Crippen LogP contribution in [0.4, 0.5) is 0 Å². The molecule has 0 saturated carbocycles. The van der Waals surface area contributed by atoms with E-state index in [0.29, 0.717) is 15.2 Å². The Hall–Kier alpha value is -0.700. The molecule has 1 aromatic carbocycles. The standard InChI is InChI=1S/C12H11Cl3N2/c1-6-7(2)16-12(17-11(6)15)9-4-3-8(13)5-10(9)14/h3-5,12,16H,1-2H3. The molecule has 1 heterocycles. The van der Waals surface area contributed by atoms with Crippen LogP contribution in [0.5, 0.6) is 0 Å². The van der Waals surface area contributed by atoms with E-state index >= 15 is 0 Å². The van der Waals surface area contributed by atoms with Gasteiger partial charge in [-0.15, -0.1) is 0 Å². The third-order valence-electron chi connectivity index (χ3n) is 2.72. The highest BCUT2D eigenvalue weighted by Crippen LogP contribution is 2.30. The summed E-state index contributed by atoms with van der Waals surface area (Å²) >= 11 is 18.1. The Morgan fingerprint density at radius 2 is 1.88 bits per heavy atom. The average Bonchev–Trinajstić information content (AvgIpc) is 2.25. The number of rotatable bonds is 1. The Balaban J connectivity index is 2.38. The summed E-state index contributed by atoms with van der Waals surface area (Å²) < 4.78 is 0. The van der Waals surface area contributed by atoms with Crippen molar-refractivity contribution in [1.82, 2.24) is 5.32 Å². The first-order valence-corrected chi connectivity index (χ1v) is 6.25. The molecule has 2 nitrogen and oxygen atoms in total. The van der Waals surface area contributed by atoms with Crippen molar-refractivity contribution in [3.63, 3.8) is 0 Å². The first-order chi connectivity index (χ1) is 7.99.